The van der Waals surface area contributed by atoms with Crippen molar-refractivity contribution in [2.75, 3.05) is 51.2 Å². The van der Waals surface area contributed by atoms with Gasteiger partial charge in [0, 0.05) is 57.7 Å². The molecule has 37 heavy (non-hydrogen) atoms. The number of hydrogen-bond donors (Lipinski definition) is 0. The van der Waals surface area contributed by atoms with E-state index in [1.54, 1.807) is 0 Å². The summed E-state index contributed by atoms with van der Waals surface area (Å²) in [5.41, 5.74) is 8.50. The number of aromatic nitrogens is 2. The number of rotatable bonds is 4. The molecule has 6 heteroatoms. The third-order valence-corrected chi connectivity index (χ3v) is 8.69. The molecule has 5 heterocycles. The van der Waals surface area contributed by atoms with E-state index < -0.39 is 0 Å². The zero-order valence-electron chi connectivity index (χ0n) is 22.5. The first-order valence-electron chi connectivity index (χ1n) is 13.8. The fraction of sp³-hybridized carbons (Fsp3) is 0.484. The number of likely N-dealkylation sites (tertiary alicyclic amines) is 1. The normalized spacial score (nSPS) is 20.0. The smallest absolute Gasteiger partial charge is 0.126 e. The average Bonchev–Trinajstić information content (AvgIpc) is 2.92. The van der Waals surface area contributed by atoms with Gasteiger partial charge in [-0.25, -0.2) is 0 Å². The monoisotopic (exact) mass is 497 g/mol. The zero-order chi connectivity index (χ0) is 25.4. The second kappa shape index (κ2) is 10.1. The lowest BCUT2D eigenvalue weighted by Crippen LogP contribution is -2.49. The number of nitrogens with zero attached hydrogens (tertiary/aromatic N) is 5. The van der Waals surface area contributed by atoms with Gasteiger partial charge in [-0.1, -0.05) is 12.1 Å². The average molecular weight is 498 g/mol. The molecule has 2 fully saturated rings. The summed E-state index contributed by atoms with van der Waals surface area (Å²) in [6, 6.07) is 13.3. The molecular weight excluding hydrogens is 458 g/mol. The largest absolute Gasteiger partial charge is 0.487 e. The molecule has 194 valence electrons. The van der Waals surface area contributed by atoms with Gasteiger partial charge in [0.25, 0.3) is 0 Å². The van der Waals surface area contributed by atoms with Crippen LogP contribution in [0.5, 0.6) is 5.75 Å². The maximum absolute atomic E-state index is 6.91. The van der Waals surface area contributed by atoms with Gasteiger partial charge in [-0.3, -0.25) is 14.9 Å². The molecule has 1 aromatic carbocycles. The quantitative estimate of drug-likeness (QED) is 0.512. The molecule has 0 saturated carbocycles. The van der Waals surface area contributed by atoms with Crippen molar-refractivity contribution in [1.29, 1.82) is 0 Å². The van der Waals surface area contributed by atoms with Gasteiger partial charge in [-0.05, 0) is 93.1 Å². The van der Waals surface area contributed by atoms with E-state index in [1.807, 2.05) is 13.1 Å². The van der Waals surface area contributed by atoms with Crippen LogP contribution in [-0.2, 0) is 13.0 Å². The maximum Gasteiger partial charge on any atom is 0.126 e. The van der Waals surface area contributed by atoms with Gasteiger partial charge >= 0.3 is 0 Å². The predicted molar refractivity (Wildman–Crippen MR) is 149 cm³/mol. The van der Waals surface area contributed by atoms with Gasteiger partial charge in [-0.2, -0.15) is 0 Å². The second-order valence-corrected chi connectivity index (χ2v) is 11.3. The van der Waals surface area contributed by atoms with E-state index in [0.29, 0.717) is 0 Å². The number of fused-ring (bicyclic) bond motifs is 1. The van der Waals surface area contributed by atoms with Crippen LogP contribution in [0, 0.1) is 13.8 Å². The number of hydrogen-bond acceptors (Lipinski definition) is 6. The minimum absolute atomic E-state index is 0.0419. The molecule has 3 aliphatic rings. The van der Waals surface area contributed by atoms with Crippen molar-refractivity contribution in [3.05, 3.63) is 71.3 Å². The summed E-state index contributed by atoms with van der Waals surface area (Å²) < 4.78 is 6.91. The fourth-order valence-electron chi connectivity index (χ4n) is 6.20. The van der Waals surface area contributed by atoms with Crippen LogP contribution in [-0.4, -0.2) is 71.7 Å². The Bertz CT molecular complexity index is 1240. The van der Waals surface area contributed by atoms with Gasteiger partial charge in [0.15, 0.2) is 0 Å². The van der Waals surface area contributed by atoms with Crippen molar-refractivity contribution < 1.29 is 4.74 Å². The van der Waals surface area contributed by atoms with Crippen LogP contribution in [0.2, 0.25) is 0 Å². The molecule has 0 amide bonds. The third kappa shape index (κ3) is 5.10. The summed E-state index contributed by atoms with van der Waals surface area (Å²) in [6.07, 6.45) is 8.32. The summed E-state index contributed by atoms with van der Waals surface area (Å²) in [4.78, 5) is 16.6. The van der Waals surface area contributed by atoms with Crippen LogP contribution in [0.3, 0.4) is 0 Å². The van der Waals surface area contributed by atoms with Crippen LogP contribution in [0.15, 0.2) is 48.8 Å². The van der Waals surface area contributed by atoms with Gasteiger partial charge < -0.3 is 14.5 Å². The first-order valence-corrected chi connectivity index (χ1v) is 13.8. The van der Waals surface area contributed by atoms with Crippen molar-refractivity contribution in [1.82, 2.24) is 19.8 Å². The van der Waals surface area contributed by atoms with Crippen molar-refractivity contribution in [3.8, 4) is 16.9 Å². The number of anilines is 1. The molecule has 0 bridgehead atoms. The second-order valence-electron chi connectivity index (χ2n) is 11.3. The SMILES string of the molecule is Cc1cc(-c2ccc3c(c2C)OC2(CC3)CCN(Cc3ccc(N4CCN(C)CC4)cn3)CC2)ccn1. The molecule has 0 unspecified atom stereocenters. The molecule has 0 N–H and O–H groups in total. The minimum Gasteiger partial charge on any atom is -0.487 e. The Morgan fingerprint density at radius 2 is 1.70 bits per heavy atom. The van der Waals surface area contributed by atoms with E-state index in [0.717, 1.165) is 88.6 Å². The lowest BCUT2D eigenvalue weighted by Gasteiger charge is -2.45. The molecule has 3 aliphatic heterocycles. The highest BCUT2D eigenvalue weighted by Gasteiger charge is 2.40. The van der Waals surface area contributed by atoms with E-state index in [1.165, 1.54) is 27.9 Å². The summed E-state index contributed by atoms with van der Waals surface area (Å²) in [5.74, 6) is 1.12. The third-order valence-electron chi connectivity index (χ3n) is 8.69. The highest BCUT2D eigenvalue weighted by atomic mass is 16.5. The number of benzene rings is 1. The molecule has 2 saturated heterocycles. The number of piperidine rings is 1. The van der Waals surface area contributed by atoms with Gasteiger partial charge in [-0.15, -0.1) is 0 Å². The Morgan fingerprint density at radius 1 is 0.892 bits per heavy atom. The topological polar surface area (TPSA) is 44.7 Å². The summed E-state index contributed by atoms with van der Waals surface area (Å²) in [7, 11) is 2.19. The van der Waals surface area contributed by atoms with E-state index in [-0.39, 0.29) is 5.60 Å². The first kappa shape index (κ1) is 24.4. The van der Waals surface area contributed by atoms with Crippen LogP contribution in [0.4, 0.5) is 5.69 Å². The zero-order valence-corrected chi connectivity index (χ0v) is 22.5. The Kier molecular flexibility index (Phi) is 6.63. The van der Waals surface area contributed by atoms with Crippen molar-refractivity contribution in [3.63, 3.8) is 0 Å². The Labute approximate surface area is 221 Å². The standard InChI is InChI=1S/C31H39N5O/c1-23-20-26(9-13-32-23)29-7-4-25-8-10-31(37-30(25)24(29)2)11-14-35(15-12-31)22-27-5-6-28(21-33-27)36-18-16-34(3)17-19-36/h4-7,9,13,20-21H,8,10-12,14-19,22H2,1-3H3. The summed E-state index contributed by atoms with van der Waals surface area (Å²) in [6.45, 7) is 11.7. The van der Waals surface area contributed by atoms with Crippen molar-refractivity contribution >= 4 is 5.69 Å². The maximum atomic E-state index is 6.91. The van der Waals surface area contributed by atoms with E-state index in [9.17, 15) is 0 Å². The summed E-state index contributed by atoms with van der Waals surface area (Å²) in [5, 5.41) is 0. The molecular formula is C31H39N5O. The number of pyridine rings is 2. The van der Waals surface area contributed by atoms with Crippen LogP contribution >= 0.6 is 0 Å². The highest BCUT2D eigenvalue weighted by Crippen LogP contribution is 2.43. The van der Waals surface area contributed by atoms with Crippen LogP contribution < -0.4 is 9.64 Å². The number of likely N-dealkylation sites (N-methyl/N-ethyl adjacent to an activating group) is 1. The summed E-state index contributed by atoms with van der Waals surface area (Å²) >= 11 is 0. The lowest BCUT2D eigenvalue weighted by molar-refractivity contribution is -0.0170. The van der Waals surface area contributed by atoms with E-state index in [2.05, 4.69) is 76.3 Å². The van der Waals surface area contributed by atoms with Gasteiger partial charge in [0.2, 0.25) is 0 Å². The predicted octanol–water partition coefficient (Wildman–Crippen LogP) is 4.87. The Morgan fingerprint density at radius 3 is 2.43 bits per heavy atom. The van der Waals surface area contributed by atoms with Gasteiger partial charge in [0.05, 0.1) is 17.6 Å². The lowest BCUT2D eigenvalue weighted by atomic mass is 9.82. The van der Waals surface area contributed by atoms with Crippen LogP contribution in [0.1, 0.15) is 41.8 Å². The molecule has 2 aromatic heterocycles. The number of ether oxygens (including phenoxy) is 1. The molecule has 6 rings (SSSR count). The van der Waals surface area contributed by atoms with E-state index in [4.69, 9.17) is 9.72 Å². The Hall–Kier alpha value is -2.96. The number of piperazine rings is 1. The molecule has 6 nitrogen and oxygen atoms in total. The van der Waals surface area contributed by atoms with Crippen LogP contribution in [0.25, 0.3) is 11.1 Å². The van der Waals surface area contributed by atoms with Crippen molar-refractivity contribution in [2.24, 2.45) is 0 Å². The van der Waals surface area contributed by atoms with E-state index >= 15 is 0 Å². The molecule has 0 atom stereocenters. The van der Waals surface area contributed by atoms with Gasteiger partial charge in [0.1, 0.15) is 11.4 Å². The highest BCUT2D eigenvalue weighted by molar-refractivity contribution is 5.71. The fourth-order valence-corrected chi connectivity index (χ4v) is 6.20. The molecule has 0 aliphatic carbocycles. The molecule has 1 spiro atoms. The van der Waals surface area contributed by atoms with Crippen molar-refractivity contribution in [2.45, 2.75) is 51.7 Å². The molecule has 3 aromatic rings. The minimum atomic E-state index is -0.0419. The number of aryl methyl sites for hydroxylation is 2. The first-order chi connectivity index (χ1) is 18.0. The molecule has 0 radical (unpaired) electrons. The Balaban J connectivity index is 1.09.